The number of nitrogens with zero attached hydrogens (tertiary/aromatic N) is 1. The highest BCUT2D eigenvalue weighted by molar-refractivity contribution is 7.98. The number of aryl methyl sites for hydroxylation is 1. The van der Waals surface area contributed by atoms with E-state index in [1.807, 2.05) is 23.9 Å². The van der Waals surface area contributed by atoms with Gasteiger partial charge in [-0.15, -0.1) is 11.8 Å². The molecule has 1 fully saturated rings. The van der Waals surface area contributed by atoms with E-state index in [0.29, 0.717) is 0 Å². The zero-order valence-electron chi connectivity index (χ0n) is 15.6. The molecular formula is C22H29NO2S. The summed E-state index contributed by atoms with van der Waals surface area (Å²) >= 11 is 1.84. The van der Waals surface area contributed by atoms with E-state index in [1.54, 1.807) is 7.11 Å². The predicted molar refractivity (Wildman–Crippen MR) is 109 cm³/mol. The Morgan fingerprint density at radius 1 is 1.04 bits per heavy atom. The smallest absolute Gasteiger partial charge is 0.132 e. The quantitative estimate of drug-likeness (QED) is 0.698. The van der Waals surface area contributed by atoms with Crippen LogP contribution in [0.4, 0.5) is 0 Å². The molecule has 3 nitrogen and oxygen atoms in total. The number of thioether (sulfide) groups is 1. The molecule has 0 unspecified atom stereocenters. The van der Waals surface area contributed by atoms with Crippen LogP contribution in [0, 0.1) is 0 Å². The van der Waals surface area contributed by atoms with Crippen LogP contribution in [0.2, 0.25) is 0 Å². The second-order valence-corrected chi connectivity index (χ2v) is 7.90. The number of benzene rings is 2. The third kappa shape index (κ3) is 5.50. The Balaban J connectivity index is 1.53. The minimum absolute atomic E-state index is 0.0843. The fourth-order valence-electron chi connectivity index (χ4n) is 3.47. The van der Waals surface area contributed by atoms with Crippen molar-refractivity contribution in [3.05, 3.63) is 59.7 Å². The first-order chi connectivity index (χ1) is 12.8. The molecule has 0 saturated carbocycles. The van der Waals surface area contributed by atoms with Crippen LogP contribution in [0.15, 0.2) is 53.4 Å². The monoisotopic (exact) mass is 371 g/mol. The largest absolute Gasteiger partial charge is 0.496 e. The van der Waals surface area contributed by atoms with Gasteiger partial charge in [-0.25, -0.2) is 0 Å². The first-order valence-electron chi connectivity index (χ1n) is 9.49. The van der Waals surface area contributed by atoms with Crippen molar-refractivity contribution in [2.24, 2.45) is 0 Å². The molecule has 140 valence electrons. The molecule has 1 N–H and O–H groups in total. The fourth-order valence-corrected chi connectivity index (χ4v) is 4.53. The molecule has 3 rings (SSSR count). The number of para-hydroxylation sites is 1. The molecule has 1 saturated heterocycles. The van der Waals surface area contributed by atoms with Gasteiger partial charge in [0.05, 0.1) is 13.2 Å². The Bertz CT molecular complexity index is 683. The summed E-state index contributed by atoms with van der Waals surface area (Å²) in [5.74, 6) is 1.91. The molecule has 1 aliphatic heterocycles. The third-order valence-corrected chi connectivity index (χ3v) is 6.15. The van der Waals surface area contributed by atoms with E-state index in [9.17, 15) is 5.11 Å². The Morgan fingerprint density at radius 3 is 2.50 bits per heavy atom. The lowest BCUT2D eigenvalue weighted by molar-refractivity contribution is 0.0821. The van der Waals surface area contributed by atoms with Gasteiger partial charge < -0.3 is 14.7 Å². The number of piperidine rings is 1. The third-order valence-electron chi connectivity index (χ3n) is 5.05. The highest BCUT2D eigenvalue weighted by Gasteiger charge is 2.16. The number of hydrogen-bond donors (Lipinski definition) is 1. The van der Waals surface area contributed by atoms with Gasteiger partial charge >= 0.3 is 0 Å². The average molecular weight is 372 g/mol. The molecule has 0 bridgehead atoms. The number of aliphatic hydroxyl groups is 1. The van der Waals surface area contributed by atoms with E-state index in [-0.39, 0.29) is 6.10 Å². The highest BCUT2D eigenvalue weighted by Crippen LogP contribution is 2.32. The number of likely N-dealkylation sites (tertiary alicyclic amines) is 1. The van der Waals surface area contributed by atoms with Crippen molar-refractivity contribution in [3.8, 4) is 5.75 Å². The minimum atomic E-state index is -0.0843. The zero-order valence-corrected chi connectivity index (χ0v) is 16.4. The van der Waals surface area contributed by atoms with Gasteiger partial charge in [0.2, 0.25) is 0 Å². The molecule has 0 spiro atoms. The number of aliphatic hydroxyl groups excluding tert-OH is 1. The van der Waals surface area contributed by atoms with E-state index in [1.165, 1.54) is 22.4 Å². The summed E-state index contributed by atoms with van der Waals surface area (Å²) in [5, 5.41) is 9.62. The number of ether oxygens (including phenoxy) is 1. The van der Waals surface area contributed by atoms with Crippen LogP contribution in [-0.2, 0) is 12.2 Å². The van der Waals surface area contributed by atoms with Crippen LogP contribution < -0.4 is 4.74 Å². The van der Waals surface area contributed by atoms with E-state index in [2.05, 4.69) is 41.3 Å². The summed E-state index contributed by atoms with van der Waals surface area (Å²) in [4.78, 5) is 3.68. The highest BCUT2D eigenvalue weighted by atomic mass is 32.2. The van der Waals surface area contributed by atoms with Gasteiger partial charge in [0.1, 0.15) is 5.75 Å². The van der Waals surface area contributed by atoms with Crippen LogP contribution in [0.25, 0.3) is 0 Å². The maximum absolute atomic E-state index is 9.62. The number of methoxy groups -OCH3 is 1. The van der Waals surface area contributed by atoms with E-state index in [4.69, 9.17) is 4.74 Å². The molecule has 0 radical (unpaired) electrons. The Morgan fingerprint density at radius 2 is 1.73 bits per heavy atom. The van der Waals surface area contributed by atoms with Crippen molar-refractivity contribution >= 4 is 11.8 Å². The number of hydrogen-bond acceptors (Lipinski definition) is 4. The molecule has 26 heavy (non-hydrogen) atoms. The zero-order chi connectivity index (χ0) is 18.2. The lowest BCUT2D eigenvalue weighted by Crippen LogP contribution is -2.36. The fraction of sp³-hybridized carbons (Fsp3) is 0.455. The average Bonchev–Trinajstić information content (AvgIpc) is 2.69. The van der Waals surface area contributed by atoms with Crippen molar-refractivity contribution < 1.29 is 9.84 Å². The van der Waals surface area contributed by atoms with Gasteiger partial charge in [0.25, 0.3) is 0 Å². The van der Waals surface area contributed by atoms with Crippen LogP contribution in [0.5, 0.6) is 5.75 Å². The molecule has 2 aromatic rings. The lowest BCUT2D eigenvalue weighted by Gasteiger charge is -2.29. The van der Waals surface area contributed by atoms with Crippen LogP contribution in [0.1, 0.15) is 30.4 Å². The second-order valence-electron chi connectivity index (χ2n) is 6.88. The number of rotatable bonds is 8. The van der Waals surface area contributed by atoms with Crippen molar-refractivity contribution in [3.63, 3.8) is 0 Å². The van der Waals surface area contributed by atoms with Gasteiger partial charge in [0.15, 0.2) is 0 Å². The van der Waals surface area contributed by atoms with Crippen molar-refractivity contribution in [2.75, 3.05) is 26.7 Å². The van der Waals surface area contributed by atoms with Gasteiger partial charge in [-0.05, 0) is 55.5 Å². The second kappa shape index (κ2) is 10.0. The van der Waals surface area contributed by atoms with Gasteiger partial charge in [-0.3, -0.25) is 0 Å². The van der Waals surface area contributed by atoms with Crippen molar-refractivity contribution in [1.82, 2.24) is 4.90 Å². The van der Waals surface area contributed by atoms with E-state index < -0.39 is 0 Å². The molecule has 1 heterocycles. The molecule has 0 aromatic heterocycles. The van der Waals surface area contributed by atoms with Gasteiger partial charge in [0, 0.05) is 23.7 Å². The molecule has 1 aliphatic rings. The van der Waals surface area contributed by atoms with E-state index in [0.717, 1.165) is 50.4 Å². The summed E-state index contributed by atoms with van der Waals surface area (Å²) in [6.07, 6.45) is 4.05. The van der Waals surface area contributed by atoms with Gasteiger partial charge in [-0.2, -0.15) is 0 Å². The maximum atomic E-state index is 9.62. The summed E-state index contributed by atoms with van der Waals surface area (Å²) < 4.78 is 5.46. The molecule has 0 aliphatic carbocycles. The lowest BCUT2D eigenvalue weighted by atomic mass is 10.0. The van der Waals surface area contributed by atoms with Crippen molar-refractivity contribution in [1.29, 1.82) is 0 Å². The first-order valence-corrected chi connectivity index (χ1v) is 10.5. The normalized spacial score (nSPS) is 15.9. The standard InChI is InChI=1S/C22H29NO2S/c1-25-21-10-4-5-11-22(21)26-17-19-8-3-2-7-18(19)9-6-14-23-15-12-20(24)13-16-23/h2-5,7-8,10-11,20,24H,6,9,12-17H2,1H3. The van der Waals surface area contributed by atoms with Crippen LogP contribution >= 0.6 is 11.8 Å². The first kappa shape index (κ1) is 19.3. The molecule has 4 heteroatoms. The Labute approximate surface area is 161 Å². The van der Waals surface area contributed by atoms with Gasteiger partial charge in [-0.1, -0.05) is 36.4 Å². The maximum Gasteiger partial charge on any atom is 0.132 e. The van der Waals surface area contributed by atoms with Crippen LogP contribution in [-0.4, -0.2) is 42.9 Å². The molecule has 2 aromatic carbocycles. The van der Waals surface area contributed by atoms with Crippen LogP contribution in [0.3, 0.4) is 0 Å². The summed E-state index contributed by atoms with van der Waals surface area (Å²) in [6.45, 7) is 3.19. The summed E-state index contributed by atoms with van der Waals surface area (Å²) in [6, 6.07) is 17.0. The SMILES string of the molecule is COc1ccccc1SCc1ccccc1CCCN1CCC(O)CC1. The molecule has 0 amide bonds. The van der Waals surface area contributed by atoms with Crippen molar-refractivity contribution in [2.45, 2.75) is 42.4 Å². The molecule has 0 atom stereocenters. The molecular weight excluding hydrogens is 342 g/mol. The Kier molecular flexibility index (Phi) is 7.42. The predicted octanol–water partition coefficient (Wildman–Crippen LogP) is 4.38. The Hall–Kier alpha value is -1.49. The van der Waals surface area contributed by atoms with E-state index >= 15 is 0 Å². The summed E-state index contributed by atoms with van der Waals surface area (Å²) in [5.41, 5.74) is 2.87. The summed E-state index contributed by atoms with van der Waals surface area (Å²) in [7, 11) is 1.73. The minimum Gasteiger partial charge on any atom is -0.496 e. The topological polar surface area (TPSA) is 32.7 Å².